The SMILES string of the molecule is CCN(CC)CC(N)(C(N)=O)C1CC1. The maximum Gasteiger partial charge on any atom is 0.239 e. The predicted octanol–water partition coefficient (Wildman–Crippen LogP) is -0.0790. The summed E-state index contributed by atoms with van der Waals surface area (Å²) in [6.45, 7) is 6.56. The van der Waals surface area contributed by atoms with Crippen molar-refractivity contribution in [2.24, 2.45) is 17.4 Å². The topological polar surface area (TPSA) is 72.3 Å². The van der Waals surface area contributed by atoms with Gasteiger partial charge in [0, 0.05) is 6.54 Å². The molecule has 4 heteroatoms. The summed E-state index contributed by atoms with van der Waals surface area (Å²) in [7, 11) is 0. The molecule has 1 unspecified atom stereocenters. The predicted molar refractivity (Wildman–Crippen MR) is 56.6 cm³/mol. The van der Waals surface area contributed by atoms with Gasteiger partial charge in [-0.15, -0.1) is 0 Å². The van der Waals surface area contributed by atoms with Crippen LogP contribution >= 0.6 is 0 Å². The molecule has 1 aliphatic rings. The van der Waals surface area contributed by atoms with E-state index in [1.165, 1.54) is 0 Å². The number of carbonyl (C=O) groups is 1. The summed E-state index contributed by atoms with van der Waals surface area (Å²) in [5.74, 6) is -0.0486. The summed E-state index contributed by atoms with van der Waals surface area (Å²) >= 11 is 0. The molecule has 0 saturated heterocycles. The highest BCUT2D eigenvalue weighted by Crippen LogP contribution is 2.38. The molecule has 1 atom stereocenters. The van der Waals surface area contributed by atoms with Crippen molar-refractivity contribution in [3.63, 3.8) is 0 Å². The highest BCUT2D eigenvalue weighted by atomic mass is 16.1. The quantitative estimate of drug-likeness (QED) is 0.628. The zero-order chi connectivity index (χ0) is 10.8. The van der Waals surface area contributed by atoms with E-state index in [9.17, 15) is 4.79 Å². The molecule has 1 aliphatic carbocycles. The second-order valence-corrected chi connectivity index (χ2v) is 4.14. The fourth-order valence-corrected chi connectivity index (χ4v) is 1.82. The molecule has 0 spiro atoms. The first kappa shape index (κ1) is 11.5. The maximum absolute atomic E-state index is 11.3. The molecule has 14 heavy (non-hydrogen) atoms. The molecule has 0 heterocycles. The summed E-state index contributed by atoms with van der Waals surface area (Å²) < 4.78 is 0. The minimum absolute atomic E-state index is 0.306. The average molecular weight is 199 g/mol. The van der Waals surface area contributed by atoms with E-state index in [0.717, 1.165) is 25.9 Å². The van der Waals surface area contributed by atoms with Crippen molar-refractivity contribution in [2.45, 2.75) is 32.2 Å². The van der Waals surface area contributed by atoms with Crippen molar-refractivity contribution in [3.05, 3.63) is 0 Å². The van der Waals surface area contributed by atoms with Gasteiger partial charge in [-0.3, -0.25) is 4.79 Å². The van der Waals surface area contributed by atoms with Gasteiger partial charge in [0.05, 0.1) is 0 Å². The number of primary amides is 1. The fraction of sp³-hybridized carbons (Fsp3) is 0.900. The smallest absolute Gasteiger partial charge is 0.239 e. The molecule has 0 aromatic rings. The van der Waals surface area contributed by atoms with E-state index >= 15 is 0 Å². The third-order valence-electron chi connectivity index (χ3n) is 3.14. The van der Waals surface area contributed by atoms with E-state index in [-0.39, 0.29) is 5.91 Å². The van der Waals surface area contributed by atoms with Gasteiger partial charge in [0.2, 0.25) is 5.91 Å². The van der Waals surface area contributed by atoms with E-state index in [2.05, 4.69) is 18.7 Å². The number of nitrogens with two attached hydrogens (primary N) is 2. The number of hydrogen-bond acceptors (Lipinski definition) is 3. The van der Waals surface area contributed by atoms with Crippen molar-refractivity contribution in [1.82, 2.24) is 4.90 Å². The standard InChI is InChI=1S/C10H21N3O/c1-3-13(4-2)7-10(12,9(11)14)8-5-6-8/h8H,3-7,12H2,1-2H3,(H2,11,14). The van der Waals surface area contributed by atoms with E-state index in [0.29, 0.717) is 12.5 Å². The molecule has 1 fully saturated rings. The Balaban J connectivity index is 2.63. The first-order valence-electron chi connectivity index (χ1n) is 5.35. The molecule has 4 N–H and O–H groups in total. The number of hydrogen-bond donors (Lipinski definition) is 2. The first-order valence-corrected chi connectivity index (χ1v) is 5.35. The molecule has 0 aliphatic heterocycles. The normalized spacial score (nSPS) is 20.9. The van der Waals surface area contributed by atoms with Gasteiger partial charge in [-0.05, 0) is 31.8 Å². The number of nitrogens with zero attached hydrogens (tertiary/aromatic N) is 1. The van der Waals surface area contributed by atoms with Gasteiger partial charge >= 0.3 is 0 Å². The van der Waals surface area contributed by atoms with Crippen LogP contribution in [0.3, 0.4) is 0 Å². The van der Waals surface area contributed by atoms with Crippen molar-refractivity contribution >= 4 is 5.91 Å². The van der Waals surface area contributed by atoms with Gasteiger partial charge in [-0.25, -0.2) is 0 Å². The van der Waals surface area contributed by atoms with Gasteiger partial charge in [0.25, 0.3) is 0 Å². The molecule has 4 nitrogen and oxygen atoms in total. The zero-order valence-electron chi connectivity index (χ0n) is 9.12. The molecular formula is C10H21N3O. The molecule has 0 aromatic carbocycles. The average Bonchev–Trinajstić information content (AvgIpc) is 2.96. The van der Waals surface area contributed by atoms with Crippen LogP contribution in [0, 0.1) is 5.92 Å². The minimum atomic E-state index is -0.800. The molecule has 1 saturated carbocycles. The summed E-state index contributed by atoms with van der Waals surface area (Å²) in [5, 5.41) is 0. The number of carbonyl (C=O) groups excluding carboxylic acids is 1. The van der Waals surface area contributed by atoms with Crippen LogP contribution in [0.25, 0.3) is 0 Å². The second kappa shape index (κ2) is 4.28. The Hall–Kier alpha value is -0.610. The number of amides is 1. The van der Waals surface area contributed by atoms with Crippen molar-refractivity contribution in [2.75, 3.05) is 19.6 Å². The Morgan fingerprint density at radius 2 is 1.93 bits per heavy atom. The van der Waals surface area contributed by atoms with Crippen LogP contribution < -0.4 is 11.5 Å². The lowest BCUT2D eigenvalue weighted by molar-refractivity contribution is -0.124. The zero-order valence-corrected chi connectivity index (χ0v) is 9.12. The fourth-order valence-electron chi connectivity index (χ4n) is 1.82. The molecule has 0 radical (unpaired) electrons. The van der Waals surface area contributed by atoms with Gasteiger partial charge in [0.15, 0.2) is 0 Å². The van der Waals surface area contributed by atoms with Crippen LogP contribution in [-0.2, 0) is 4.79 Å². The lowest BCUT2D eigenvalue weighted by Crippen LogP contribution is -2.60. The van der Waals surface area contributed by atoms with Crippen LogP contribution in [-0.4, -0.2) is 36.0 Å². The Morgan fingerprint density at radius 3 is 2.21 bits per heavy atom. The first-order chi connectivity index (χ1) is 6.54. The molecule has 0 bridgehead atoms. The highest BCUT2D eigenvalue weighted by Gasteiger charge is 2.47. The Morgan fingerprint density at radius 1 is 1.43 bits per heavy atom. The molecule has 82 valence electrons. The number of likely N-dealkylation sites (N-methyl/N-ethyl adjacent to an activating group) is 1. The molecular weight excluding hydrogens is 178 g/mol. The van der Waals surface area contributed by atoms with Crippen molar-refractivity contribution < 1.29 is 4.79 Å². The highest BCUT2D eigenvalue weighted by molar-refractivity contribution is 5.85. The molecule has 1 rings (SSSR count). The Kier molecular flexibility index (Phi) is 3.50. The lowest BCUT2D eigenvalue weighted by atomic mass is 9.93. The third kappa shape index (κ3) is 2.25. The van der Waals surface area contributed by atoms with E-state index in [4.69, 9.17) is 11.5 Å². The van der Waals surface area contributed by atoms with Gasteiger partial charge in [-0.2, -0.15) is 0 Å². The van der Waals surface area contributed by atoms with Gasteiger partial charge in [-0.1, -0.05) is 13.8 Å². The van der Waals surface area contributed by atoms with Crippen LogP contribution in [0.4, 0.5) is 0 Å². The monoisotopic (exact) mass is 199 g/mol. The summed E-state index contributed by atoms with van der Waals surface area (Å²) in [4.78, 5) is 13.5. The Bertz CT molecular complexity index is 211. The van der Waals surface area contributed by atoms with Crippen LogP contribution in [0.1, 0.15) is 26.7 Å². The molecule has 0 aromatic heterocycles. The Labute approximate surface area is 85.6 Å². The van der Waals surface area contributed by atoms with Crippen molar-refractivity contribution in [3.8, 4) is 0 Å². The number of rotatable bonds is 6. The van der Waals surface area contributed by atoms with E-state index in [1.807, 2.05) is 0 Å². The van der Waals surface area contributed by atoms with Crippen LogP contribution in [0.5, 0.6) is 0 Å². The third-order valence-corrected chi connectivity index (χ3v) is 3.14. The summed E-state index contributed by atoms with van der Waals surface area (Å²) in [6.07, 6.45) is 2.08. The lowest BCUT2D eigenvalue weighted by Gasteiger charge is -2.31. The largest absolute Gasteiger partial charge is 0.368 e. The van der Waals surface area contributed by atoms with E-state index < -0.39 is 5.54 Å². The summed E-state index contributed by atoms with van der Waals surface area (Å²) in [6, 6.07) is 0. The summed E-state index contributed by atoms with van der Waals surface area (Å²) in [5.41, 5.74) is 10.7. The van der Waals surface area contributed by atoms with Gasteiger partial charge in [0.1, 0.15) is 5.54 Å². The van der Waals surface area contributed by atoms with Gasteiger partial charge < -0.3 is 16.4 Å². The maximum atomic E-state index is 11.3. The van der Waals surface area contributed by atoms with Crippen molar-refractivity contribution in [1.29, 1.82) is 0 Å². The minimum Gasteiger partial charge on any atom is -0.368 e. The molecule has 1 amide bonds. The van der Waals surface area contributed by atoms with E-state index in [1.54, 1.807) is 0 Å². The van der Waals surface area contributed by atoms with Crippen LogP contribution in [0.2, 0.25) is 0 Å². The second-order valence-electron chi connectivity index (χ2n) is 4.14. The van der Waals surface area contributed by atoms with Crippen LogP contribution in [0.15, 0.2) is 0 Å².